The molecule has 1 heterocycles. The second kappa shape index (κ2) is 8.82. The second-order valence-electron chi connectivity index (χ2n) is 7.16. The number of nitrogens with zero attached hydrogens (tertiary/aromatic N) is 3. The molecule has 26 heavy (non-hydrogen) atoms. The second-order valence-corrected chi connectivity index (χ2v) is 8.47. The number of hydrogen-bond donors (Lipinski definition) is 0. The maximum absolute atomic E-state index is 13.1. The lowest BCUT2D eigenvalue weighted by Crippen LogP contribution is -2.40. The molecule has 142 valence electrons. The minimum atomic E-state index is -0.236. The zero-order chi connectivity index (χ0) is 19.4. The van der Waals surface area contributed by atoms with Gasteiger partial charge in [-0.1, -0.05) is 23.9 Å². The van der Waals surface area contributed by atoms with Gasteiger partial charge in [0.25, 0.3) is 5.56 Å². The van der Waals surface area contributed by atoms with Gasteiger partial charge in [0.15, 0.2) is 5.16 Å². The SMILES string of the molecule is CC(=O)C(C)Sc1nc2ccccc2c(=O)n1CCN(C(C)C)C(C)C. The molecule has 0 saturated heterocycles. The Balaban J connectivity index is 2.45. The minimum Gasteiger partial charge on any atom is -0.299 e. The molecule has 0 N–H and O–H groups in total. The van der Waals surface area contributed by atoms with Crippen molar-refractivity contribution in [2.75, 3.05) is 6.54 Å². The summed E-state index contributed by atoms with van der Waals surface area (Å²) in [6, 6.07) is 8.18. The summed E-state index contributed by atoms with van der Waals surface area (Å²) in [5, 5.41) is 0.998. The van der Waals surface area contributed by atoms with Crippen molar-refractivity contribution in [2.45, 2.75) is 70.6 Å². The fraction of sp³-hybridized carbons (Fsp3) is 0.550. The van der Waals surface area contributed by atoms with Crippen LogP contribution in [0.3, 0.4) is 0 Å². The average molecular weight is 376 g/mol. The van der Waals surface area contributed by atoms with Crippen molar-refractivity contribution in [1.82, 2.24) is 14.5 Å². The van der Waals surface area contributed by atoms with E-state index in [0.29, 0.717) is 34.7 Å². The standard InChI is InChI=1S/C20H29N3O2S/c1-13(2)22(14(3)4)11-12-23-19(25)17-9-7-8-10-18(17)21-20(23)26-16(6)15(5)24/h7-10,13-14,16H,11-12H2,1-6H3. The summed E-state index contributed by atoms with van der Waals surface area (Å²) in [4.78, 5) is 31.8. The molecule has 1 aromatic carbocycles. The summed E-state index contributed by atoms with van der Waals surface area (Å²) < 4.78 is 1.73. The first-order valence-electron chi connectivity index (χ1n) is 9.14. The Kier molecular flexibility index (Phi) is 7.01. The summed E-state index contributed by atoms with van der Waals surface area (Å²) in [5.74, 6) is 0.0787. The van der Waals surface area contributed by atoms with Crippen molar-refractivity contribution in [3.63, 3.8) is 0 Å². The number of para-hydroxylation sites is 1. The largest absolute Gasteiger partial charge is 0.299 e. The molecular weight excluding hydrogens is 346 g/mol. The van der Waals surface area contributed by atoms with Crippen molar-refractivity contribution in [3.8, 4) is 0 Å². The quantitative estimate of drug-likeness (QED) is 0.521. The highest BCUT2D eigenvalue weighted by atomic mass is 32.2. The Morgan fingerprint density at radius 2 is 1.77 bits per heavy atom. The summed E-state index contributed by atoms with van der Waals surface area (Å²) in [6.45, 7) is 13.4. The molecule has 0 spiro atoms. The van der Waals surface area contributed by atoms with Gasteiger partial charge in [0.05, 0.1) is 16.2 Å². The highest BCUT2D eigenvalue weighted by Crippen LogP contribution is 2.23. The minimum absolute atomic E-state index is 0.0404. The van der Waals surface area contributed by atoms with Crippen LogP contribution in [0.15, 0.2) is 34.2 Å². The number of rotatable bonds is 8. The van der Waals surface area contributed by atoms with Crippen molar-refractivity contribution >= 4 is 28.4 Å². The van der Waals surface area contributed by atoms with E-state index < -0.39 is 0 Å². The molecule has 1 unspecified atom stereocenters. The molecule has 0 saturated carbocycles. The maximum atomic E-state index is 13.1. The Morgan fingerprint density at radius 3 is 2.35 bits per heavy atom. The first-order chi connectivity index (χ1) is 12.2. The van der Waals surface area contributed by atoms with Gasteiger partial charge < -0.3 is 0 Å². The number of Topliss-reactive ketones (excluding diaryl/α,β-unsaturated/α-hetero) is 1. The lowest BCUT2D eigenvalue weighted by Gasteiger charge is -2.31. The molecule has 2 rings (SSSR count). The van der Waals surface area contributed by atoms with Crippen LogP contribution in [0, 0.1) is 0 Å². The van der Waals surface area contributed by atoms with Crippen LogP contribution in [0.4, 0.5) is 0 Å². The Hall–Kier alpha value is -1.66. The maximum Gasteiger partial charge on any atom is 0.262 e. The van der Waals surface area contributed by atoms with Crippen LogP contribution >= 0.6 is 11.8 Å². The highest BCUT2D eigenvalue weighted by molar-refractivity contribution is 8.00. The Morgan fingerprint density at radius 1 is 1.15 bits per heavy atom. The molecule has 0 radical (unpaired) electrons. The van der Waals surface area contributed by atoms with Crippen molar-refractivity contribution < 1.29 is 4.79 Å². The lowest BCUT2D eigenvalue weighted by atomic mass is 10.2. The van der Waals surface area contributed by atoms with Gasteiger partial charge in [-0.2, -0.15) is 0 Å². The third-order valence-corrected chi connectivity index (χ3v) is 5.80. The van der Waals surface area contributed by atoms with Crippen LogP contribution in [-0.2, 0) is 11.3 Å². The lowest BCUT2D eigenvalue weighted by molar-refractivity contribution is -0.116. The number of carbonyl (C=O) groups is 1. The molecular formula is C20H29N3O2S. The normalized spacial score (nSPS) is 13.1. The molecule has 1 aromatic heterocycles. The summed E-state index contributed by atoms with van der Waals surface area (Å²) in [6.07, 6.45) is 0. The van der Waals surface area contributed by atoms with Gasteiger partial charge in [-0.3, -0.25) is 19.1 Å². The number of fused-ring (bicyclic) bond motifs is 1. The number of ketones is 1. The average Bonchev–Trinajstić information content (AvgIpc) is 2.56. The van der Waals surface area contributed by atoms with E-state index in [9.17, 15) is 9.59 Å². The topological polar surface area (TPSA) is 55.2 Å². The van der Waals surface area contributed by atoms with Gasteiger partial charge in [-0.15, -0.1) is 0 Å². The first-order valence-corrected chi connectivity index (χ1v) is 10.0. The predicted molar refractivity (Wildman–Crippen MR) is 109 cm³/mol. The third-order valence-electron chi connectivity index (χ3n) is 4.59. The van der Waals surface area contributed by atoms with E-state index in [1.165, 1.54) is 11.8 Å². The van der Waals surface area contributed by atoms with E-state index in [-0.39, 0.29) is 16.6 Å². The van der Waals surface area contributed by atoms with E-state index in [1.54, 1.807) is 11.5 Å². The number of hydrogen-bond acceptors (Lipinski definition) is 5. The molecule has 6 heteroatoms. The van der Waals surface area contributed by atoms with Gasteiger partial charge >= 0.3 is 0 Å². The number of aromatic nitrogens is 2. The summed E-state index contributed by atoms with van der Waals surface area (Å²) >= 11 is 1.36. The van der Waals surface area contributed by atoms with Crippen LogP contribution in [0.25, 0.3) is 10.9 Å². The summed E-state index contributed by atoms with van der Waals surface area (Å²) in [5.41, 5.74) is 0.637. The van der Waals surface area contributed by atoms with Gasteiger partial charge in [0, 0.05) is 25.2 Å². The van der Waals surface area contributed by atoms with E-state index in [2.05, 4.69) is 37.6 Å². The third kappa shape index (κ3) is 4.74. The van der Waals surface area contributed by atoms with Gasteiger partial charge in [0.1, 0.15) is 5.78 Å². The number of benzene rings is 1. The van der Waals surface area contributed by atoms with Crippen LogP contribution in [0.1, 0.15) is 41.5 Å². The van der Waals surface area contributed by atoms with E-state index in [0.717, 1.165) is 6.54 Å². The zero-order valence-electron chi connectivity index (χ0n) is 16.5. The van der Waals surface area contributed by atoms with Gasteiger partial charge in [0.2, 0.25) is 0 Å². The fourth-order valence-corrected chi connectivity index (χ4v) is 3.94. The molecule has 0 amide bonds. The van der Waals surface area contributed by atoms with Crippen LogP contribution < -0.4 is 5.56 Å². The van der Waals surface area contributed by atoms with Crippen LogP contribution in [0.2, 0.25) is 0 Å². The number of thioether (sulfide) groups is 1. The molecule has 5 nitrogen and oxygen atoms in total. The fourth-order valence-electron chi connectivity index (χ4n) is 3.00. The van der Waals surface area contributed by atoms with E-state index in [4.69, 9.17) is 0 Å². The van der Waals surface area contributed by atoms with Crippen molar-refractivity contribution in [1.29, 1.82) is 0 Å². The predicted octanol–water partition coefficient (Wildman–Crippen LogP) is 3.58. The molecule has 0 fully saturated rings. The monoisotopic (exact) mass is 375 g/mol. The molecule has 0 aliphatic heterocycles. The Bertz CT molecular complexity index is 821. The van der Waals surface area contributed by atoms with E-state index >= 15 is 0 Å². The summed E-state index contributed by atoms with van der Waals surface area (Å²) in [7, 11) is 0. The zero-order valence-corrected chi connectivity index (χ0v) is 17.3. The molecule has 2 aromatic rings. The molecule has 0 aliphatic carbocycles. The van der Waals surface area contributed by atoms with Crippen molar-refractivity contribution in [2.24, 2.45) is 0 Å². The first kappa shape index (κ1) is 20.6. The van der Waals surface area contributed by atoms with Crippen molar-refractivity contribution in [3.05, 3.63) is 34.6 Å². The van der Waals surface area contributed by atoms with E-state index in [1.807, 2.05) is 31.2 Å². The van der Waals surface area contributed by atoms with Crippen LogP contribution in [0.5, 0.6) is 0 Å². The molecule has 0 aliphatic rings. The molecule has 1 atom stereocenters. The number of carbonyl (C=O) groups excluding carboxylic acids is 1. The smallest absolute Gasteiger partial charge is 0.262 e. The van der Waals surface area contributed by atoms with Gasteiger partial charge in [-0.25, -0.2) is 4.98 Å². The highest BCUT2D eigenvalue weighted by Gasteiger charge is 2.19. The Labute approximate surface area is 159 Å². The van der Waals surface area contributed by atoms with Crippen LogP contribution in [-0.4, -0.2) is 44.1 Å². The van der Waals surface area contributed by atoms with Gasteiger partial charge in [-0.05, 0) is 53.7 Å². The molecule has 0 bridgehead atoms.